The Morgan fingerprint density at radius 1 is 1.31 bits per heavy atom. The van der Waals surface area contributed by atoms with Crippen molar-refractivity contribution < 1.29 is 9.90 Å². The van der Waals surface area contributed by atoms with E-state index in [0.717, 1.165) is 0 Å². The molecular formula is C11H13Cl2NO2. The van der Waals surface area contributed by atoms with E-state index in [2.05, 4.69) is 0 Å². The maximum absolute atomic E-state index is 11.1. The predicted octanol–water partition coefficient (Wildman–Crippen LogP) is 3.10. The number of carboxylic acids is 1. The highest BCUT2D eigenvalue weighted by atomic mass is 35.5. The zero-order chi connectivity index (χ0) is 12.5. The molecule has 3 N–H and O–H groups in total. The quantitative estimate of drug-likeness (QED) is 0.879. The van der Waals surface area contributed by atoms with Crippen LogP contribution < -0.4 is 5.73 Å². The minimum atomic E-state index is -1.08. The molecule has 0 saturated carbocycles. The molecule has 0 spiro atoms. The van der Waals surface area contributed by atoms with Crippen LogP contribution in [0, 0.1) is 5.41 Å². The van der Waals surface area contributed by atoms with E-state index in [1.165, 1.54) is 0 Å². The van der Waals surface area contributed by atoms with Crippen molar-refractivity contribution in [3.8, 4) is 0 Å². The minimum absolute atomic E-state index is 0.444. The van der Waals surface area contributed by atoms with Gasteiger partial charge < -0.3 is 10.8 Å². The van der Waals surface area contributed by atoms with Crippen LogP contribution in [0.5, 0.6) is 0 Å². The van der Waals surface area contributed by atoms with Crippen molar-refractivity contribution in [3.63, 3.8) is 0 Å². The van der Waals surface area contributed by atoms with Crippen LogP contribution >= 0.6 is 23.2 Å². The standard InChI is InChI=1S/C11H13Cl2NO2/c1-11(2,10(15)16)9(14)6-3-7(12)5-8(13)4-6/h3-5,9H,14H2,1-2H3,(H,15,16)/t9-/m0/s1. The highest BCUT2D eigenvalue weighted by molar-refractivity contribution is 6.34. The minimum Gasteiger partial charge on any atom is -0.481 e. The molecular weight excluding hydrogens is 249 g/mol. The molecule has 0 radical (unpaired) electrons. The number of nitrogens with two attached hydrogens (primary N) is 1. The summed E-state index contributed by atoms with van der Waals surface area (Å²) in [7, 11) is 0. The average molecular weight is 262 g/mol. The van der Waals surface area contributed by atoms with Crippen LogP contribution in [-0.4, -0.2) is 11.1 Å². The Labute approximate surface area is 104 Å². The van der Waals surface area contributed by atoms with Gasteiger partial charge in [-0.1, -0.05) is 23.2 Å². The molecule has 0 amide bonds. The molecule has 0 aliphatic rings. The Balaban J connectivity index is 3.14. The fraction of sp³-hybridized carbons (Fsp3) is 0.364. The molecule has 1 aromatic carbocycles. The summed E-state index contributed by atoms with van der Waals surface area (Å²) >= 11 is 11.7. The van der Waals surface area contributed by atoms with Gasteiger partial charge in [0.25, 0.3) is 0 Å². The van der Waals surface area contributed by atoms with E-state index in [1.54, 1.807) is 32.0 Å². The van der Waals surface area contributed by atoms with Crippen LogP contribution in [-0.2, 0) is 4.79 Å². The molecule has 0 unspecified atom stereocenters. The normalized spacial score (nSPS) is 13.6. The van der Waals surface area contributed by atoms with Crippen molar-refractivity contribution in [3.05, 3.63) is 33.8 Å². The van der Waals surface area contributed by atoms with Gasteiger partial charge in [-0.2, -0.15) is 0 Å². The monoisotopic (exact) mass is 261 g/mol. The van der Waals surface area contributed by atoms with E-state index in [0.29, 0.717) is 15.6 Å². The van der Waals surface area contributed by atoms with Crippen LogP contribution in [0.1, 0.15) is 25.5 Å². The fourth-order valence-corrected chi connectivity index (χ4v) is 1.85. The topological polar surface area (TPSA) is 63.3 Å². The van der Waals surface area contributed by atoms with Crippen LogP contribution in [0.15, 0.2) is 18.2 Å². The number of carbonyl (C=O) groups is 1. The Bertz CT molecular complexity index is 398. The van der Waals surface area contributed by atoms with Crippen LogP contribution in [0.2, 0.25) is 10.0 Å². The molecule has 16 heavy (non-hydrogen) atoms. The maximum atomic E-state index is 11.1. The van der Waals surface area contributed by atoms with Gasteiger partial charge >= 0.3 is 5.97 Å². The molecule has 88 valence electrons. The smallest absolute Gasteiger partial charge is 0.311 e. The lowest BCUT2D eigenvalue weighted by molar-refractivity contribution is -0.148. The largest absolute Gasteiger partial charge is 0.481 e. The number of hydrogen-bond acceptors (Lipinski definition) is 2. The molecule has 1 rings (SSSR count). The van der Waals surface area contributed by atoms with Crippen LogP contribution in [0.3, 0.4) is 0 Å². The summed E-state index contributed by atoms with van der Waals surface area (Å²) in [4.78, 5) is 11.1. The predicted molar refractivity (Wildman–Crippen MR) is 64.8 cm³/mol. The Morgan fingerprint density at radius 3 is 2.12 bits per heavy atom. The van der Waals surface area contributed by atoms with Crippen molar-refractivity contribution in [2.45, 2.75) is 19.9 Å². The van der Waals surface area contributed by atoms with Gasteiger partial charge in [-0.15, -0.1) is 0 Å². The Hall–Kier alpha value is -0.770. The van der Waals surface area contributed by atoms with Gasteiger partial charge in [0.05, 0.1) is 5.41 Å². The first-order chi connectivity index (χ1) is 7.25. The van der Waals surface area contributed by atoms with Crippen molar-refractivity contribution in [1.29, 1.82) is 0 Å². The first-order valence-corrected chi connectivity index (χ1v) is 5.45. The molecule has 0 aliphatic carbocycles. The molecule has 0 saturated heterocycles. The number of halogens is 2. The lowest BCUT2D eigenvalue weighted by Gasteiger charge is -2.27. The van der Waals surface area contributed by atoms with E-state index in [4.69, 9.17) is 34.0 Å². The first-order valence-electron chi connectivity index (χ1n) is 4.70. The number of carboxylic acid groups (broad SMARTS) is 1. The lowest BCUT2D eigenvalue weighted by Crippen LogP contribution is -2.36. The number of aliphatic carboxylic acids is 1. The third-order valence-corrected chi connectivity index (χ3v) is 3.01. The van der Waals surface area contributed by atoms with Crippen molar-refractivity contribution in [2.75, 3.05) is 0 Å². The second-order valence-electron chi connectivity index (χ2n) is 4.21. The van der Waals surface area contributed by atoms with Crippen LogP contribution in [0.25, 0.3) is 0 Å². The van der Waals surface area contributed by atoms with Gasteiger partial charge in [0.1, 0.15) is 0 Å². The molecule has 1 atom stereocenters. The highest BCUT2D eigenvalue weighted by Gasteiger charge is 2.35. The summed E-state index contributed by atoms with van der Waals surface area (Å²) in [6.07, 6.45) is 0. The number of benzene rings is 1. The molecule has 5 heteroatoms. The molecule has 0 aliphatic heterocycles. The van der Waals surface area contributed by atoms with Gasteiger partial charge in [0.15, 0.2) is 0 Å². The first kappa shape index (κ1) is 13.3. The maximum Gasteiger partial charge on any atom is 0.311 e. The van der Waals surface area contributed by atoms with Crippen LogP contribution in [0.4, 0.5) is 0 Å². The number of rotatable bonds is 3. The van der Waals surface area contributed by atoms with E-state index in [9.17, 15) is 4.79 Å². The highest BCUT2D eigenvalue weighted by Crippen LogP contribution is 2.34. The number of hydrogen-bond donors (Lipinski definition) is 2. The second kappa shape index (κ2) is 4.62. The summed E-state index contributed by atoms with van der Waals surface area (Å²) < 4.78 is 0. The Kier molecular flexibility index (Phi) is 3.84. The fourth-order valence-electron chi connectivity index (χ4n) is 1.30. The lowest BCUT2D eigenvalue weighted by atomic mass is 9.81. The average Bonchev–Trinajstić information content (AvgIpc) is 2.14. The molecule has 3 nitrogen and oxygen atoms in total. The van der Waals surface area contributed by atoms with Crippen molar-refractivity contribution >= 4 is 29.2 Å². The van der Waals surface area contributed by atoms with Gasteiger partial charge in [-0.25, -0.2) is 0 Å². The summed E-state index contributed by atoms with van der Waals surface area (Å²) in [6.45, 7) is 3.13. The van der Waals surface area contributed by atoms with Gasteiger partial charge in [-0.3, -0.25) is 4.79 Å². The zero-order valence-electron chi connectivity index (χ0n) is 9.00. The van der Waals surface area contributed by atoms with E-state index < -0.39 is 17.4 Å². The summed E-state index contributed by atoms with van der Waals surface area (Å²) in [6, 6.07) is 4.17. The SMILES string of the molecule is CC(C)(C(=O)O)[C@@H](N)c1cc(Cl)cc(Cl)c1. The summed E-state index contributed by atoms with van der Waals surface area (Å²) in [5, 5.41) is 9.95. The van der Waals surface area contributed by atoms with Crippen molar-refractivity contribution in [2.24, 2.45) is 11.1 Å². The van der Waals surface area contributed by atoms with E-state index in [1.807, 2.05) is 0 Å². The molecule has 1 aromatic rings. The summed E-state index contributed by atoms with van der Waals surface area (Å²) in [5.74, 6) is -0.962. The summed E-state index contributed by atoms with van der Waals surface area (Å²) in [5.41, 5.74) is 5.45. The van der Waals surface area contributed by atoms with Gasteiger partial charge in [-0.05, 0) is 37.6 Å². The zero-order valence-corrected chi connectivity index (χ0v) is 10.5. The third-order valence-electron chi connectivity index (χ3n) is 2.57. The van der Waals surface area contributed by atoms with E-state index >= 15 is 0 Å². The third kappa shape index (κ3) is 2.67. The van der Waals surface area contributed by atoms with Crippen molar-refractivity contribution in [1.82, 2.24) is 0 Å². The van der Waals surface area contributed by atoms with E-state index in [-0.39, 0.29) is 0 Å². The van der Waals surface area contributed by atoms with Gasteiger partial charge in [0.2, 0.25) is 0 Å². The Morgan fingerprint density at radius 2 is 1.75 bits per heavy atom. The van der Waals surface area contributed by atoms with Gasteiger partial charge in [0, 0.05) is 16.1 Å². The second-order valence-corrected chi connectivity index (χ2v) is 5.08. The molecule has 0 fully saturated rings. The molecule has 0 heterocycles. The molecule has 0 aromatic heterocycles. The molecule has 0 bridgehead atoms.